The van der Waals surface area contributed by atoms with E-state index < -0.39 is 0 Å². The first-order valence-electron chi connectivity index (χ1n) is 6.50. The molecule has 0 bridgehead atoms. The van der Waals surface area contributed by atoms with Gasteiger partial charge in [-0.05, 0) is 25.5 Å². The summed E-state index contributed by atoms with van der Waals surface area (Å²) in [5.41, 5.74) is 1.52. The van der Waals surface area contributed by atoms with E-state index >= 15 is 0 Å². The summed E-state index contributed by atoms with van der Waals surface area (Å²) in [6.45, 7) is 4.47. The molecule has 2 heterocycles. The molecule has 0 aliphatic heterocycles. The van der Waals surface area contributed by atoms with Gasteiger partial charge in [0.2, 0.25) is 0 Å². The van der Waals surface area contributed by atoms with Crippen LogP contribution in [0.3, 0.4) is 0 Å². The number of pyridine rings is 1. The molecule has 0 atom stereocenters. The third kappa shape index (κ3) is 3.54. The Bertz CT molecular complexity index is 587. The second-order valence-electron chi connectivity index (χ2n) is 4.38. The summed E-state index contributed by atoms with van der Waals surface area (Å²) < 4.78 is 0. The molecule has 0 fully saturated rings. The first kappa shape index (κ1) is 14.5. The van der Waals surface area contributed by atoms with Crippen molar-refractivity contribution in [3.8, 4) is 0 Å². The summed E-state index contributed by atoms with van der Waals surface area (Å²) in [4.78, 5) is 21.9. The van der Waals surface area contributed by atoms with Gasteiger partial charge < -0.3 is 10.6 Å². The van der Waals surface area contributed by atoms with Crippen LogP contribution in [-0.2, 0) is 13.0 Å². The average molecular weight is 290 g/mol. The van der Waals surface area contributed by atoms with Crippen molar-refractivity contribution in [1.82, 2.24) is 15.3 Å². The zero-order chi connectivity index (χ0) is 14.5. The number of thiazole rings is 1. The van der Waals surface area contributed by atoms with Gasteiger partial charge in [-0.25, -0.2) is 9.97 Å². The van der Waals surface area contributed by atoms with E-state index in [0.29, 0.717) is 17.9 Å². The average Bonchev–Trinajstić information content (AvgIpc) is 2.89. The van der Waals surface area contributed by atoms with Crippen LogP contribution in [0.25, 0.3) is 0 Å². The fourth-order valence-electron chi connectivity index (χ4n) is 1.77. The van der Waals surface area contributed by atoms with Crippen LogP contribution in [-0.4, -0.2) is 22.9 Å². The number of anilines is 1. The van der Waals surface area contributed by atoms with E-state index in [-0.39, 0.29) is 5.91 Å². The number of carbonyl (C=O) groups excluding carboxylic acids is 1. The maximum absolute atomic E-state index is 12.2. The van der Waals surface area contributed by atoms with Gasteiger partial charge in [0.25, 0.3) is 5.91 Å². The zero-order valence-corrected chi connectivity index (χ0v) is 12.7. The standard InChI is InChI=1S/C14H18N4OS/c1-4-11-5-10(6-12(15-3)18-11)14(19)17-8-13-16-7-9(2)20-13/h5-7H,4,8H2,1-3H3,(H,15,18)(H,17,19). The summed E-state index contributed by atoms with van der Waals surface area (Å²) >= 11 is 1.59. The molecule has 6 heteroatoms. The molecule has 0 radical (unpaired) electrons. The largest absolute Gasteiger partial charge is 0.373 e. The van der Waals surface area contributed by atoms with E-state index in [0.717, 1.165) is 22.0 Å². The molecule has 2 N–H and O–H groups in total. The van der Waals surface area contributed by atoms with Gasteiger partial charge in [0.1, 0.15) is 10.8 Å². The van der Waals surface area contributed by atoms with Crippen molar-refractivity contribution in [2.24, 2.45) is 0 Å². The van der Waals surface area contributed by atoms with Crippen molar-refractivity contribution in [3.05, 3.63) is 39.5 Å². The third-order valence-corrected chi connectivity index (χ3v) is 3.74. The van der Waals surface area contributed by atoms with Crippen molar-refractivity contribution in [3.63, 3.8) is 0 Å². The highest BCUT2D eigenvalue weighted by Crippen LogP contribution is 2.13. The predicted octanol–water partition coefficient (Wildman–Crippen LogP) is 2.38. The summed E-state index contributed by atoms with van der Waals surface area (Å²) in [7, 11) is 1.79. The number of hydrogen-bond donors (Lipinski definition) is 2. The van der Waals surface area contributed by atoms with Crippen LogP contribution in [0.5, 0.6) is 0 Å². The van der Waals surface area contributed by atoms with Crippen molar-refractivity contribution in [1.29, 1.82) is 0 Å². The lowest BCUT2D eigenvalue weighted by Gasteiger charge is -2.08. The van der Waals surface area contributed by atoms with Gasteiger partial charge in [-0.2, -0.15) is 0 Å². The minimum absolute atomic E-state index is 0.105. The van der Waals surface area contributed by atoms with Gasteiger partial charge in [0.05, 0.1) is 6.54 Å². The van der Waals surface area contributed by atoms with Gasteiger partial charge in [-0.3, -0.25) is 4.79 Å². The second kappa shape index (κ2) is 6.47. The van der Waals surface area contributed by atoms with Gasteiger partial charge in [-0.15, -0.1) is 11.3 Å². The van der Waals surface area contributed by atoms with Gasteiger partial charge in [0, 0.05) is 29.4 Å². The highest BCUT2D eigenvalue weighted by atomic mass is 32.1. The van der Waals surface area contributed by atoms with E-state index in [4.69, 9.17) is 0 Å². The fraction of sp³-hybridized carbons (Fsp3) is 0.357. The van der Waals surface area contributed by atoms with Crippen LogP contribution in [0.2, 0.25) is 0 Å². The lowest BCUT2D eigenvalue weighted by atomic mass is 10.2. The van der Waals surface area contributed by atoms with E-state index in [1.807, 2.05) is 26.1 Å². The van der Waals surface area contributed by atoms with Crippen LogP contribution >= 0.6 is 11.3 Å². The van der Waals surface area contributed by atoms with Gasteiger partial charge >= 0.3 is 0 Å². The first-order chi connectivity index (χ1) is 9.62. The summed E-state index contributed by atoms with van der Waals surface area (Å²) in [5, 5.41) is 6.77. The number of carbonyl (C=O) groups is 1. The van der Waals surface area contributed by atoms with Crippen molar-refractivity contribution < 1.29 is 4.79 Å². The monoisotopic (exact) mass is 290 g/mol. The molecular formula is C14H18N4OS. The molecule has 2 rings (SSSR count). The maximum atomic E-state index is 12.2. The minimum Gasteiger partial charge on any atom is -0.373 e. The molecule has 1 amide bonds. The SMILES string of the molecule is CCc1cc(C(=O)NCc2ncc(C)s2)cc(NC)n1. The van der Waals surface area contributed by atoms with E-state index in [1.54, 1.807) is 24.5 Å². The maximum Gasteiger partial charge on any atom is 0.251 e. The smallest absolute Gasteiger partial charge is 0.251 e. The normalized spacial score (nSPS) is 10.3. The number of amides is 1. The summed E-state index contributed by atoms with van der Waals surface area (Å²) in [5.74, 6) is 0.603. The second-order valence-corrected chi connectivity index (χ2v) is 5.70. The molecule has 0 aliphatic carbocycles. The third-order valence-electron chi connectivity index (χ3n) is 2.83. The van der Waals surface area contributed by atoms with Crippen molar-refractivity contribution >= 4 is 23.1 Å². The quantitative estimate of drug-likeness (QED) is 0.887. The molecule has 2 aromatic rings. The molecule has 5 nitrogen and oxygen atoms in total. The van der Waals surface area contributed by atoms with Gasteiger partial charge in [0.15, 0.2) is 0 Å². The highest BCUT2D eigenvalue weighted by Gasteiger charge is 2.09. The topological polar surface area (TPSA) is 66.9 Å². The van der Waals surface area contributed by atoms with E-state index in [2.05, 4.69) is 20.6 Å². The number of rotatable bonds is 5. The van der Waals surface area contributed by atoms with Crippen molar-refractivity contribution in [2.75, 3.05) is 12.4 Å². The summed E-state index contributed by atoms with van der Waals surface area (Å²) in [6.07, 6.45) is 2.61. The number of aryl methyl sites for hydroxylation is 2. The Hall–Kier alpha value is -1.95. The number of aromatic nitrogens is 2. The predicted molar refractivity (Wildman–Crippen MR) is 81.2 cm³/mol. The Morgan fingerprint density at radius 3 is 2.80 bits per heavy atom. The Kier molecular flexibility index (Phi) is 4.68. The number of nitrogens with one attached hydrogen (secondary N) is 2. The molecule has 0 unspecified atom stereocenters. The Morgan fingerprint density at radius 1 is 1.40 bits per heavy atom. The molecular weight excluding hydrogens is 272 g/mol. The van der Waals surface area contributed by atoms with Gasteiger partial charge in [-0.1, -0.05) is 6.92 Å². The van der Waals surface area contributed by atoms with Crippen LogP contribution in [0, 0.1) is 6.92 Å². The van der Waals surface area contributed by atoms with Crippen LogP contribution in [0.4, 0.5) is 5.82 Å². The Balaban J connectivity index is 2.08. The molecule has 106 valence electrons. The summed E-state index contributed by atoms with van der Waals surface area (Å²) in [6, 6.07) is 3.57. The van der Waals surface area contributed by atoms with Crippen LogP contribution in [0.1, 0.15) is 32.9 Å². The molecule has 2 aromatic heterocycles. The van der Waals surface area contributed by atoms with E-state index in [9.17, 15) is 4.79 Å². The molecule has 20 heavy (non-hydrogen) atoms. The van der Waals surface area contributed by atoms with E-state index in [1.165, 1.54) is 0 Å². The lowest BCUT2D eigenvalue weighted by molar-refractivity contribution is 0.0950. The molecule has 0 aromatic carbocycles. The Morgan fingerprint density at radius 2 is 2.20 bits per heavy atom. The molecule has 0 spiro atoms. The molecule has 0 saturated heterocycles. The molecule has 0 aliphatic rings. The highest BCUT2D eigenvalue weighted by molar-refractivity contribution is 7.11. The molecule has 0 saturated carbocycles. The van der Waals surface area contributed by atoms with Crippen molar-refractivity contribution in [2.45, 2.75) is 26.8 Å². The Labute approximate surface area is 122 Å². The van der Waals surface area contributed by atoms with Crippen LogP contribution < -0.4 is 10.6 Å². The zero-order valence-electron chi connectivity index (χ0n) is 11.9. The fourth-order valence-corrected chi connectivity index (χ4v) is 2.50. The minimum atomic E-state index is -0.105. The van der Waals surface area contributed by atoms with Crippen LogP contribution in [0.15, 0.2) is 18.3 Å². The first-order valence-corrected chi connectivity index (χ1v) is 7.32. The lowest BCUT2D eigenvalue weighted by Crippen LogP contribution is -2.23. The number of hydrogen-bond acceptors (Lipinski definition) is 5. The number of nitrogens with zero attached hydrogens (tertiary/aromatic N) is 2.